The van der Waals surface area contributed by atoms with E-state index in [0.717, 1.165) is 0 Å². The number of nitrogens with one attached hydrogen (secondary N) is 1. The molecule has 0 radical (unpaired) electrons. The first-order valence-electron chi connectivity index (χ1n) is 6.02. The van der Waals surface area contributed by atoms with Crippen LogP contribution in [-0.4, -0.2) is 40.4 Å². The van der Waals surface area contributed by atoms with Crippen molar-refractivity contribution in [1.29, 1.82) is 0 Å². The van der Waals surface area contributed by atoms with Crippen LogP contribution in [0.15, 0.2) is 9.95 Å². The fraction of sp³-hybridized carbons (Fsp3) is 0.727. The van der Waals surface area contributed by atoms with E-state index in [9.17, 15) is 13.2 Å². The fourth-order valence-corrected chi connectivity index (χ4v) is 5.26. The molecule has 1 saturated heterocycles. The van der Waals surface area contributed by atoms with E-state index in [1.54, 1.807) is 0 Å². The largest absolute Gasteiger partial charge is 0.298 e. The fourth-order valence-electron chi connectivity index (χ4n) is 1.88. The van der Waals surface area contributed by atoms with Crippen LogP contribution >= 0.6 is 11.8 Å². The zero-order chi connectivity index (χ0) is 14.3. The van der Waals surface area contributed by atoms with E-state index in [1.165, 1.54) is 11.8 Å². The van der Waals surface area contributed by atoms with E-state index in [2.05, 4.69) is 15.2 Å². The Balaban J connectivity index is 2.16. The van der Waals surface area contributed by atoms with Gasteiger partial charge >= 0.3 is 0 Å². The Hall–Kier alpha value is -0.890. The minimum absolute atomic E-state index is 0.0459. The molecule has 1 atom stereocenters. The van der Waals surface area contributed by atoms with Crippen LogP contribution in [0.3, 0.4) is 0 Å². The number of thioether (sulfide) groups is 1. The summed E-state index contributed by atoms with van der Waals surface area (Å²) in [5, 5.41) is 8.29. The second-order valence-electron chi connectivity index (χ2n) is 5.70. The van der Waals surface area contributed by atoms with Crippen LogP contribution in [0.4, 0.5) is 0 Å². The molecule has 1 aliphatic heterocycles. The minimum atomic E-state index is -2.92. The predicted molar refractivity (Wildman–Crippen MR) is 74.3 cm³/mol. The van der Waals surface area contributed by atoms with Gasteiger partial charge in [0.05, 0.1) is 11.5 Å². The summed E-state index contributed by atoms with van der Waals surface area (Å²) in [7, 11) is -2.92. The van der Waals surface area contributed by atoms with E-state index in [4.69, 9.17) is 0 Å². The zero-order valence-electron chi connectivity index (χ0n) is 11.1. The van der Waals surface area contributed by atoms with Crippen molar-refractivity contribution < 1.29 is 8.42 Å². The SMILES string of the molecule is CC(C)(C)c1nnc(S[C@@H]2CCS(=O)(=O)C2)[nH]c1=O. The monoisotopic (exact) mass is 303 g/mol. The third-order valence-corrected chi connectivity index (χ3v) is 5.98. The summed E-state index contributed by atoms with van der Waals surface area (Å²) >= 11 is 1.28. The van der Waals surface area contributed by atoms with Gasteiger partial charge in [-0.2, -0.15) is 0 Å². The lowest BCUT2D eigenvalue weighted by Gasteiger charge is -2.15. The van der Waals surface area contributed by atoms with Crippen LogP contribution in [0.2, 0.25) is 0 Å². The average molecular weight is 303 g/mol. The van der Waals surface area contributed by atoms with Crippen LogP contribution in [0.25, 0.3) is 0 Å². The number of nitrogens with zero attached hydrogens (tertiary/aromatic N) is 2. The summed E-state index contributed by atoms with van der Waals surface area (Å²) in [6, 6.07) is 0. The summed E-state index contributed by atoms with van der Waals surface area (Å²) in [6.07, 6.45) is 0.595. The molecule has 1 fully saturated rings. The van der Waals surface area contributed by atoms with Gasteiger partial charge in [0.2, 0.25) is 0 Å². The Kier molecular flexibility index (Phi) is 3.74. The van der Waals surface area contributed by atoms with Crippen molar-refractivity contribution in [2.45, 2.75) is 43.0 Å². The van der Waals surface area contributed by atoms with E-state index in [-0.39, 0.29) is 27.7 Å². The molecular weight excluding hydrogens is 286 g/mol. The summed E-state index contributed by atoms with van der Waals surface area (Å²) in [6.45, 7) is 5.67. The van der Waals surface area contributed by atoms with E-state index in [1.807, 2.05) is 20.8 Å². The van der Waals surface area contributed by atoms with Gasteiger partial charge in [0.1, 0.15) is 5.69 Å². The summed E-state index contributed by atoms with van der Waals surface area (Å²) < 4.78 is 22.7. The van der Waals surface area contributed by atoms with E-state index in [0.29, 0.717) is 17.3 Å². The number of H-pyrrole nitrogens is 1. The van der Waals surface area contributed by atoms with Gasteiger partial charge in [-0.3, -0.25) is 9.78 Å². The molecule has 0 bridgehead atoms. The first kappa shape index (κ1) is 14.5. The molecule has 1 aliphatic rings. The van der Waals surface area contributed by atoms with Crippen LogP contribution in [0.5, 0.6) is 0 Å². The average Bonchev–Trinajstić information content (AvgIpc) is 2.56. The molecule has 6 nitrogen and oxygen atoms in total. The molecule has 0 saturated carbocycles. The number of aromatic nitrogens is 3. The Morgan fingerprint density at radius 2 is 2.00 bits per heavy atom. The number of sulfone groups is 1. The Morgan fingerprint density at radius 3 is 2.47 bits per heavy atom. The normalized spacial score (nSPS) is 22.6. The maximum absolute atomic E-state index is 11.9. The maximum Gasteiger partial charge on any atom is 0.274 e. The number of hydrogen-bond donors (Lipinski definition) is 1. The number of hydrogen-bond acceptors (Lipinski definition) is 6. The van der Waals surface area contributed by atoms with Crippen molar-refractivity contribution in [3.63, 3.8) is 0 Å². The molecular formula is C11H17N3O3S2. The lowest BCUT2D eigenvalue weighted by Crippen LogP contribution is -2.28. The second-order valence-corrected chi connectivity index (χ2v) is 9.22. The van der Waals surface area contributed by atoms with Crippen molar-refractivity contribution >= 4 is 21.6 Å². The van der Waals surface area contributed by atoms with Crippen molar-refractivity contribution in [1.82, 2.24) is 15.2 Å². The van der Waals surface area contributed by atoms with Crippen LogP contribution < -0.4 is 5.56 Å². The zero-order valence-corrected chi connectivity index (χ0v) is 12.8. The second kappa shape index (κ2) is 4.90. The Bertz CT molecular complexity index is 631. The van der Waals surface area contributed by atoms with Gasteiger partial charge in [0.15, 0.2) is 15.0 Å². The molecule has 0 spiro atoms. The molecule has 1 N–H and O–H groups in total. The highest BCUT2D eigenvalue weighted by Crippen LogP contribution is 2.28. The van der Waals surface area contributed by atoms with Crippen molar-refractivity contribution in [3.05, 3.63) is 16.0 Å². The standard InChI is InChI=1S/C11H17N3O3S2/c1-11(2,3)8-9(15)12-10(14-13-8)18-7-4-5-19(16,17)6-7/h7H,4-6H2,1-3H3,(H,12,14,15)/t7-/m1/s1. The quantitative estimate of drug-likeness (QED) is 0.866. The lowest BCUT2D eigenvalue weighted by atomic mass is 9.93. The van der Waals surface area contributed by atoms with Gasteiger partial charge < -0.3 is 0 Å². The first-order valence-corrected chi connectivity index (χ1v) is 8.72. The van der Waals surface area contributed by atoms with Gasteiger partial charge in [-0.05, 0) is 6.42 Å². The van der Waals surface area contributed by atoms with Gasteiger partial charge in [0.25, 0.3) is 5.56 Å². The smallest absolute Gasteiger partial charge is 0.274 e. The highest BCUT2D eigenvalue weighted by atomic mass is 32.2. The third-order valence-electron chi connectivity index (χ3n) is 2.86. The highest BCUT2D eigenvalue weighted by molar-refractivity contribution is 8.01. The van der Waals surface area contributed by atoms with E-state index >= 15 is 0 Å². The van der Waals surface area contributed by atoms with E-state index < -0.39 is 9.84 Å². The topological polar surface area (TPSA) is 92.8 Å². The number of rotatable bonds is 2. The molecule has 1 aromatic heterocycles. The lowest BCUT2D eigenvalue weighted by molar-refractivity contribution is 0.536. The van der Waals surface area contributed by atoms with Gasteiger partial charge in [-0.25, -0.2) is 8.42 Å². The van der Waals surface area contributed by atoms with Crippen molar-refractivity contribution in [3.8, 4) is 0 Å². The molecule has 2 rings (SSSR count). The summed E-state index contributed by atoms with van der Waals surface area (Å²) in [4.78, 5) is 14.6. The molecule has 0 unspecified atom stereocenters. The summed E-state index contributed by atoms with van der Waals surface area (Å²) in [5.74, 6) is 0.352. The predicted octanol–water partition coefficient (Wildman–Crippen LogP) is 0.742. The highest BCUT2D eigenvalue weighted by Gasteiger charge is 2.29. The summed E-state index contributed by atoms with van der Waals surface area (Å²) in [5.41, 5.74) is -0.234. The molecule has 8 heteroatoms. The van der Waals surface area contributed by atoms with Crippen molar-refractivity contribution in [2.24, 2.45) is 0 Å². The molecule has 0 aromatic carbocycles. The first-order chi connectivity index (χ1) is 8.67. The minimum Gasteiger partial charge on any atom is -0.298 e. The van der Waals surface area contributed by atoms with Gasteiger partial charge in [0, 0.05) is 10.7 Å². The Labute approximate surface area is 116 Å². The Morgan fingerprint density at radius 1 is 1.32 bits per heavy atom. The molecule has 1 aromatic rings. The maximum atomic E-state index is 11.9. The van der Waals surface area contributed by atoms with Gasteiger partial charge in [-0.15, -0.1) is 10.2 Å². The van der Waals surface area contributed by atoms with Gasteiger partial charge in [-0.1, -0.05) is 32.5 Å². The van der Waals surface area contributed by atoms with Crippen LogP contribution in [0.1, 0.15) is 32.9 Å². The molecule has 2 heterocycles. The number of aromatic amines is 1. The molecule has 19 heavy (non-hydrogen) atoms. The van der Waals surface area contributed by atoms with Crippen LogP contribution in [0, 0.1) is 0 Å². The molecule has 0 amide bonds. The van der Waals surface area contributed by atoms with Crippen molar-refractivity contribution in [2.75, 3.05) is 11.5 Å². The third kappa shape index (κ3) is 3.56. The molecule has 106 valence electrons. The van der Waals surface area contributed by atoms with Crippen LogP contribution in [-0.2, 0) is 15.3 Å². The molecule has 0 aliphatic carbocycles.